The van der Waals surface area contributed by atoms with Crippen molar-refractivity contribution in [1.82, 2.24) is 14.8 Å². The first-order valence-electron chi connectivity index (χ1n) is 6.67. The molecule has 1 atom stereocenters. The normalized spacial score (nSPS) is 18.6. The Hall–Kier alpha value is -1.43. The summed E-state index contributed by atoms with van der Waals surface area (Å²) in [5.41, 5.74) is 0.922. The lowest BCUT2D eigenvalue weighted by Crippen LogP contribution is -2.12. The van der Waals surface area contributed by atoms with E-state index < -0.39 is 0 Å². The molecule has 6 heteroatoms. The van der Waals surface area contributed by atoms with Crippen LogP contribution in [0.4, 0.5) is 0 Å². The molecular formula is C14H16ClN3O2. The van der Waals surface area contributed by atoms with E-state index in [4.69, 9.17) is 21.4 Å². The van der Waals surface area contributed by atoms with Gasteiger partial charge in [-0.1, -0.05) is 11.6 Å². The zero-order valence-electron chi connectivity index (χ0n) is 11.0. The monoisotopic (exact) mass is 293 g/mol. The number of nitrogens with zero attached hydrogens (tertiary/aromatic N) is 3. The number of aliphatic hydroxyl groups is 1. The van der Waals surface area contributed by atoms with Gasteiger partial charge in [0.05, 0.1) is 19.8 Å². The molecule has 1 aliphatic rings. The maximum atomic E-state index is 9.17. The van der Waals surface area contributed by atoms with Gasteiger partial charge in [-0.05, 0) is 30.7 Å². The molecule has 2 heterocycles. The van der Waals surface area contributed by atoms with E-state index in [-0.39, 0.29) is 12.5 Å². The molecule has 1 N–H and O–H groups in total. The second-order valence-corrected chi connectivity index (χ2v) is 5.24. The standard InChI is InChI=1S/C14H16ClN3O2/c15-12-3-1-10(2-4-12)13-16-14(11-5-8-20-9-11)18(17-13)6-7-19/h1-4,11,19H,5-9H2/t11-/m1/s1. The van der Waals surface area contributed by atoms with Crippen molar-refractivity contribution in [2.24, 2.45) is 0 Å². The number of ether oxygens (including phenoxy) is 1. The zero-order chi connectivity index (χ0) is 13.9. The Morgan fingerprint density at radius 3 is 2.80 bits per heavy atom. The number of rotatable bonds is 4. The number of halogens is 1. The van der Waals surface area contributed by atoms with E-state index in [9.17, 15) is 0 Å². The van der Waals surface area contributed by atoms with Crippen LogP contribution >= 0.6 is 11.6 Å². The molecular weight excluding hydrogens is 278 g/mol. The van der Waals surface area contributed by atoms with E-state index >= 15 is 0 Å². The van der Waals surface area contributed by atoms with Crippen molar-refractivity contribution < 1.29 is 9.84 Å². The Morgan fingerprint density at radius 2 is 2.15 bits per heavy atom. The molecule has 1 aromatic heterocycles. The molecule has 0 radical (unpaired) electrons. The Bertz CT molecular complexity index is 577. The highest BCUT2D eigenvalue weighted by Crippen LogP contribution is 2.26. The average Bonchev–Trinajstić information content (AvgIpc) is 3.09. The Kier molecular flexibility index (Phi) is 4.00. The van der Waals surface area contributed by atoms with Gasteiger partial charge in [-0.15, -0.1) is 0 Å². The fourth-order valence-corrected chi connectivity index (χ4v) is 2.50. The first kappa shape index (κ1) is 13.5. The van der Waals surface area contributed by atoms with Gasteiger partial charge in [0.15, 0.2) is 5.82 Å². The highest BCUT2D eigenvalue weighted by Gasteiger charge is 2.24. The summed E-state index contributed by atoms with van der Waals surface area (Å²) in [5.74, 6) is 1.81. The van der Waals surface area contributed by atoms with Crippen LogP contribution in [0.25, 0.3) is 11.4 Å². The second kappa shape index (κ2) is 5.91. The van der Waals surface area contributed by atoms with Crippen LogP contribution in [0.3, 0.4) is 0 Å². The SMILES string of the molecule is OCCn1nc(-c2ccc(Cl)cc2)nc1[C@@H]1CCOC1. The molecule has 0 saturated carbocycles. The van der Waals surface area contributed by atoms with E-state index in [1.54, 1.807) is 4.68 Å². The number of aromatic nitrogens is 3. The molecule has 20 heavy (non-hydrogen) atoms. The molecule has 0 spiro atoms. The number of hydrogen-bond donors (Lipinski definition) is 1. The summed E-state index contributed by atoms with van der Waals surface area (Å²) >= 11 is 5.89. The van der Waals surface area contributed by atoms with Gasteiger partial charge in [0.1, 0.15) is 5.82 Å². The minimum atomic E-state index is 0.0456. The predicted molar refractivity (Wildman–Crippen MR) is 75.7 cm³/mol. The van der Waals surface area contributed by atoms with Crippen molar-refractivity contribution >= 4 is 11.6 Å². The van der Waals surface area contributed by atoms with E-state index in [0.29, 0.717) is 24.0 Å². The molecule has 0 unspecified atom stereocenters. The number of hydrogen-bond acceptors (Lipinski definition) is 4. The van der Waals surface area contributed by atoms with Crippen molar-refractivity contribution in [1.29, 1.82) is 0 Å². The van der Waals surface area contributed by atoms with Gasteiger partial charge >= 0.3 is 0 Å². The van der Waals surface area contributed by atoms with Crippen molar-refractivity contribution in [2.45, 2.75) is 18.9 Å². The summed E-state index contributed by atoms with van der Waals surface area (Å²) in [6.07, 6.45) is 0.949. The van der Waals surface area contributed by atoms with Crippen LogP contribution in [0.5, 0.6) is 0 Å². The summed E-state index contributed by atoms with van der Waals surface area (Å²) in [6.45, 7) is 1.92. The van der Waals surface area contributed by atoms with Crippen LogP contribution in [0, 0.1) is 0 Å². The lowest BCUT2D eigenvalue weighted by Gasteiger charge is -2.07. The maximum Gasteiger partial charge on any atom is 0.181 e. The minimum absolute atomic E-state index is 0.0456. The maximum absolute atomic E-state index is 9.17. The lowest BCUT2D eigenvalue weighted by molar-refractivity contribution is 0.192. The van der Waals surface area contributed by atoms with E-state index in [2.05, 4.69) is 10.1 Å². The van der Waals surface area contributed by atoms with Gasteiger partial charge in [-0.2, -0.15) is 5.10 Å². The van der Waals surface area contributed by atoms with Crippen molar-refractivity contribution in [3.63, 3.8) is 0 Å². The summed E-state index contributed by atoms with van der Waals surface area (Å²) in [4.78, 5) is 4.63. The van der Waals surface area contributed by atoms with E-state index in [1.807, 2.05) is 24.3 Å². The largest absolute Gasteiger partial charge is 0.394 e. The second-order valence-electron chi connectivity index (χ2n) is 4.81. The van der Waals surface area contributed by atoms with Crippen molar-refractivity contribution in [3.05, 3.63) is 35.1 Å². The summed E-state index contributed by atoms with van der Waals surface area (Å²) in [7, 11) is 0. The number of benzene rings is 1. The van der Waals surface area contributed by atoms with Crippen molar-refractivity contribution in [3.8, 4) is 11.4 Å². The summed E-state index contributed by atoms with van der Waals surface area (Å²) in [5, 5.41) is 14.3. The van der Waals surface area contributed by atoms with Crippen LogP contribution in [-0.2, 0) is 11.3 Å². The first-order valence-corrected chi connectivity index (χ1v) is 7.05. The number of aliphatic hydroxyl groups excluding tert-OH is 1. The molecule has 2 aromatic rings. The smallest absolute Gasteiger partial charge is 0.181 e. The van der Waals surface area contributed by atoms with Crippen LogP contribution in [0.15, 0.2) is 24.3 Å². The third-order valence-electron chi connectivity index (χ3n) is 3.41. The van der Waals surface area contributed by atoms with Crippen molar-refractivity contribution in [2.75, 3.05) is 19.8 Å². The third kappa shape index (κ3) is 2.70. The molecule has 1 fully saturated rings. The quantitative estimate of drug-likeness (QED) is 0.938. The minimum Gasteiger partial charge on any atom is -0.394 e. The van der Waals surface area contributed by atoms with Gasteiger partial charge < -0.3 is 9.84 Å². The fourth-order valence-electron chi connectivity index (χ4n) is 2.37. The highest BCUT2D eigenvalue weighted by molar-refractivity contribution is 6.30. The van der Waals surface area contributed by atoms with Gasteiger partial charge in [0, 0.05) is 23.1 Å². The van der Waals surface area contributed by atoms with Crippen LogP contribution in [-0.4, -0.2) is 39.7 Å². The molecule has 0 aliphatic carbocycles. The highest BCUT2D eigenvalue weighted by atomic mass is 35.5. The molecule has 0 amide bonds. The molecule has 1 aromatic carbocycles. The Balaban J connectivity index is 1.95. The molecule has 5 nitrogen and oxygen atoms in total. The van der Waals surface area contributed by atoms with Crippen LogP contribution in [0.1, 0.15) is 18.2 Å². The molecule has 106 valence electrons. The lowest BCUT2D eigenvalue weighted by atomic mass is 10.1. The van der Waals surface area contributed by atoms with Crippen LogP contribution < -0.4 is 0 Å². The van der Waals surface area contributed by atoms with E-state index in [0.717, 1.165) is 24.4 Å². The average molecular weight is 294 g/mol. The molecule has 1 saturated heterocycles. The van der Waals surface area contributed by atoms with Crippen LogP contribution in [0.2, 0.25) is 5.02 Å². The molecule has 3 rings (SSSR count). The van der Waals surface area contributed by atoms with Gasteiger partial charge in [-0.25, -0.2) is 9.67 Å². The van der Waals surface area contributed by atoms with Gasteiger partial charge in [0.25, 0.3) is 0 Å². The molecule has 0 bridgehead atoms. The summed E-state index contributed by atoms with van der Waals surface area (Å²) < 4.78 is 7.20. The topological polar surface area (TPSA) is 60.2 Å². The Labute approximate surface area is 122 Å². The predicted octanol–water partition coefficient (Wildman–Crippen LogP) is 2.09. The third-order valence-corrected chi connectivity index (χ3v) is 3.66. The summed E-state index contributed by atoms with van der Waals surface area (Å²) in [6, 6.07) is 7.44. The molecule has 1 aliphatic heterocycles. The fraction of sp³-hybridized carbons (Fsp3) is 0.429. The Morgan fingerprint density at radius 1 is 1.35 bits per heavy atom. The van der Waals surface area contributed by atoms with Gasteiger partial charge in [0.2, 0.25) is 0 Å². The van der Waals surface area contributed by atoms with E-state index in [1.165, 1.54) is 0 Å². The first-order chi connectivity index (χ1) is 9.78. The zero-order valence-corrected chi connectivity index (χ0v) is 11.8. The van der Waals surface area contributed by atoms with Gasteiger partial charge in [-0.3, -0.25) is 0 Å².